The van der Waals surface area contributed by atoms with Gasteiger partial charge in [-0.2, -0.15) is 9.78 Å². The van der Waals surface area contributed by atoms with Crippen LogP contribution in [0.25, 0.3) is 0 Å². The van der Waals surface area contributed by atoms with Gasteiger partial charge in [-0.3, -0.25) is 0 Å². The molecule has 4 nitrogen and oxygen atoms in total. The largest absolute Gasteiger partial charge is 0.334 e. The van der Waals surface area contributed by atoms with Gasteiger partial charge in [0.2, 0.25) is 11.5 Å². The number of hydrogen-bond donors (Lipinski definition) is 0. The molecule has 0 spiro atoms. The second kappa shape index (κ2) is 5.47. The first-order valence-electron chi connectivity index (χ1n) is 4.36. The van der Waals surface area contributed by atoms with Gasteiger partial charge in [-0.25, -0.2) is 0 Å². The van der Waals surface area contributed by atoms with Crippen molar-refractivity contribution in [3.05, 3.63) is 23.8 Å². The Labute approximate surface area is 83.2 Å². The number of hydrogen-bond acceptors (Lipinski definition) is 4. The average Bonchev–Trinajstić information content (AvgIpc) is 2.21. The van der Waals surface area contributed by atoms with Crippen molar-refractivity contribution in [3.8, 4) is 11.5 Å². The first-order chi connectivity index (χ1) is 6.81. The van der Waals surface area contributed by atoms with Gasteiger partial charge in [0.1, 0.15) is 0 Å². The Balaban J connectivity index is 2.91. The van der Waals surface area contributed by atoms with E-state index in [1.165, 1.54) is 14.2 Å². The Morgan fingerprint density at radius 2 is 1.64 bits per heavy atom. The fraction of sp³-hybridized carbons (Fsp3) is 0.400. The maximum atomic E-state index is 4.93. The number of rotatable bonds is 5. The van der Waals surface area contributed by atoms with Crippen molar-refractivity contribution in [1.82, 2.24) is 0 Å². The average molecular weight is 198 g/mol. The van der Waals surface area contributed by atoms with Gasteiger partial charge >= 0.3 is 0 Å². The highest BCUT2D eigenvalue weighted by atomic mass is 17.2. The molecule has 78 valence electrons. The lowest BCUT2D eigenvalue weighted by atomic mass is 10.1. The van der Waals surface area contributed by atoms with Gasteiger partial charge in [-0.05, 0) is 24.1 Å². The molecule has 1 aromatic carbocycles. The molecule has 0 aromatic heterocycles. The second-order valence-electron chi connectivity index (χ2n) is 2.63. The Morgan fingerprint density at radius 3 is 2.21 bits per heavy atom. The van der Waals surface area contributed by atoms with Gasteiger partial charge in [0, 0.05) is 0 Å². The van der Waals surface area contributed by atoms with Gasteiger partial charge in [-0.1, -0.05) is 13.0 Å². The second-order valence-corrected chi connectivity index (χ2v) is 2.63. The topological polar surface area (TPSA) is 36.9 Å². The van der Waals surface area contributed by atoms with E-state index < -0.39 is 0 Å². The number of benzene rings is 1. The molecule has 0 amide bonds. The number of aryl methyl sites for hydroxylation is 1. The van der Waals surface area contributed by atoms with Gasteiger partial charge in [0.15, 0.2) is 0 Å². The van der Waals surface area contributed by atoms with Crippen molar-refractivity contribution in [3.63, 3.8) is 0 Å². The van der Waals surface area contributed by atoms with Crippen LogP contribution in [0.5, 0.6) is 11.5 Å². The monoisotopic (exact) mass is 198 g/mol. The standard InChI is InChI=1S/C10H14O4/c1-4-8-5-6-9(13-11-2)10(7-8)14-12-3/h5-7H,4H2,1-3H3. The molecule has 4 heteroatoms. The zero-order valence-electron chi connectivity index (χ0n) is 8.57. The summed E-state index contributed by atoms with van der Waals surface area (Å²) in [5, 5.41) is 0. The third-order valence-electron chi connectivity index (χ3n) is 1.76. The van der Waals surface area contributed by atoms with Crippen LogP contribution in [0.1, 0.15) is 12.5 Å². The summed E-state index contributed by atoms with van der Waals surface area (Å²) in [4.78, 5) is 18.9. The predicted octanol–water partition coefficient (Wildman–Crippen LogP) is 2.13. The molecule has 0 aliphatic heterocycles. The van der Waals surface area contributed by atoms with E-state index in [0.717, 1.165) is 12.0 Å². The zero-order chi connectivity index (χ0) is 10.4. The molecule has 0 radical (unpaired) electrons. The maximum Gasteiger partial charge on any atom is 0.211 e. The van der Waals surface area contributed by atoms with Gasteiger partial charge in [-0.15, -0.1) is 0 Å². The van der Waals surface area contributed by atoms with E-state index in [4.69, 9.17) is 9.78 Å². The van der Waals surface area contributed by atoms with Gasteiger partial charge < -0.3 is 9.78 Å². The first-order valence-corrected chi connectivity index (χ1v) is 4.36. The Bertz CT molecular complexity index is 285. The fourth-order valence-electron chi connectivity index (χ4n) is 1.09. The lowest BCUT2D eigenvalue weighted by Gasteiger charge is -2.08. The van der Waals surface area contributed by atoms with Crippen LogP contribution in [0.4, 0.5) is 0 Å². The molecule has 0 N–H and O–H groups in total. The van der Waals surface area contributed by atoms with Crippen molar-refractivity contribution in [2.75, 3.05) is 14.2 Å². The highest BCUT2D eigenvalue weighted by molar-refractivity contribution is 5.42. The molecule has 0 bridgehead atoms. The quantitative estimate of drug-likeness (QED) is 0.536. The van der Waals surface area contributed by atoms with Crippen LogP contribution in [0.2, 0.25) is 0 Å². The minimum atomic E-state index is 0.492. The third kappa shape index (κ3) is 2.61. The summed E-state index contributed by atoms with van der Waals surface area (Å²) >= 11 is 0. The summed E-state index contributed by atoms with van der Waals surface area (Å²) in [5.74, 6) is 1.00. The minimum Gasteiger partial charge on any atom is -0.334 e. The molecule has 0 saturated heterocycles. The SMILES string of the molecule is CCc1ccc(OOC)c(OOC)c1. The maximum absolute atomic E-state index is 4.93. The summed E-state index contributed by atoms with van der Waals surface area (Å²) in [5.41, 5.74) is 1.14. The van der Waals surface area contributed by atoms with E-state index in [1.54, 1.807) is 6.07 Å². The van der Waals surface area contributed by atoms with Crippen molar-refractivity contribution in [2.45, 2.75) is 13.3 Å². The highest BCUT2D eigenvalue weighted by Gasteiger charge is 2.07. The fourth-order valence-corrected chi connectivity index (χ4v) is 1.09. The molecule has 14 heavy (non-hydrogen) atoms. The van der Waals surface area contributed by atoms with Crippen molar-refractivity contribution >= 4 is 0 Å². The van der Waals surface area contributed by atoms with Crippen LogP contribution in [-0.4, -0.2) is 14.2 Å². The van der Waals surface area contributed by atoms with E-state index in [1.807, 2.05) is 12.1 Å². The van der Waals surface area contributed by atoms with Gasteiger partial charge in [0.25, 0.3) is 0 Å². The summed E-state index contributed by atoms with van der Waals surface area (Å²) in [7, 11) is 2.87. The molecule has 0 atom stereocenters. The summed E-state index contributed by atoms with van der Waals surface area (Å²) < 4.78 is 0. The van der Waals surface area contributed by atoms with Crippen molar-refractivity contribution < 1.29 is 19.6 Å². The van der Waals surface area contributed by atoms with Crippen LogP contribution in [0.3, 0.4) is 0 Å². The van der Waals surface area contributed by atoms with Crippen LogP contribution >= 0.6 is 0 Å². The molecule has 0 heterocycles. The summed E-state index contributed by atoms with van der Waals surface area (Å²) in [6.45, 7) is 2.06. The first kappa shape index (κ1) is 10.8. The van der Waals surface area contributed by atoms with E-state index in [-0.39, 0.29) is 0 Å². The van der Waals surface area contributed by atoms with Crippen LogP contribution in [0, 0.1) is 0 Å². The Hall–Kier alpha value is -1.26. The molecule has 0 unspecified atom stereocenters. The molecule has 0 aliphatic carbocycles. The molecule has 0 aliphatic rings. The minimum absolute atomic E-state index is 0.492. The van der Waals surface area contributed by atoms with Crippen LogP contribution in [0.15, 0.2) is 18.2 Å². The van der Waals surface area contributed by atoms with Crippen molar-refractivity contribution in [2.24, 2.45) is 0 Å². The molecule has 1 aromatic rings. The lowest BCUT2D eigenvalue weighted by molar-refractivity contribution is -0.201. The summed E-state index contributed by atoms with van der Waals surface area (Å²) in [6, 6.07) is 5.56. The van der Waals surface area contributed by atoms with Crippen LogP contribution < -0.4 is 9.78 Å². The smallest absolute Gasteiger partial charge is 0.211 e. The van der Waals surface area contributed by atoms with Crippen LogP contribution in [-0.2, 0) is 16.2 Å². The lowest BCUT2D eigenvalue weighted by Crippen LogP contribution is -1.98. The Morgan fingerprint density at radius 1 is 1.00 bits per heavy atom. The normalized spacial score (nSPS) is 9.93. The van der Waals surface area contributed by atoms with E-state index >= 15 is 0 Å². The third-order valence-corrected chi connectivity index (χ3v) is 1.76. The molecule has 0 saturated carbocycles. The van der Waals surface area contributed by atoms with Gasteiger partial charge in [0.05, 0.1) is 14.2 Å². The Kier molecular flexibility index (Phi) is 4.22. The summed E-state index contributed by atoms with van der Waals surface area (Å²) in [6.07, 6.45) is 0.924. The predicted molar refractivity (Wildman–Crippen MR) is 51.1 cm³/mol. The molecular formula is C10H14O4. The molecule has 0 fully saturated rings. The van der Waals surface area contributed by atoms with E-state index in [0.29, 0.717) is 11.5 Å². The van der Waals surface area contributed by atoms with E-state index in [2.05, 4.69) is 16.7 Å². The molecular weight excluding hydrogens is 184 g/mol. The highest BCUT2D eigenvalue weighted by Crippen LogP contribution is 2.28. The molecule has 1 rings (SSSR count). The van der Waals surface area contributed by atoms with Crippen molar-refractivity contribution in [1.29, 1.82) is 0 Å². The van der Waals surface area contributed by atoms with E-state index in [9.17, 15) is 0 Å². The zero-order valence-corrected chi connectivity index (χ0v) is 8.57.